The standard InChI is InChI=1S/C17H22N6O/c1-11(19-13(3)18)15-20-21-16-12(2)22(9-10-23(15)16)17(24)14-7-5-4-6-8-14/h5,7-8,12,18H,4,6,9-10H2,1-3H3/b18-13?,19-11+/t12-/m1/s1. The molecule has 1 N–H and O–H groups in total. The van der Waals surface area contributed by atoms with Gasteiger partial charge >= 0.3 is 0 Å². The monoisotopic (exact) mass is 326 g/mol. The van der Waals surface area contributed by atoms with Crippen molar-refractivity contribution in [2.24, 2.45) is 4.99 Å². The van der Waals surface area contributed by atoms with E-state index in [0.29, 0.717) is 24.6 Å². The highest BCUT2D eigenvalue weighted by atomic mass is 16.2. The van der Waals surface area contributed by atoms with Crippen molar-refractivity contribution in [2.75, 3.05) is 6.54 Å². The van der Waals surface area contributed by atoms with Crippen LogP contribution >= 0.6 is 0 Å². The molecule has 0 bridgehead atoms. The fraction of sp³-hybridized carbons (Fsp3) is 0.471. The molecule has 2 heterocycles. The van der Waals surface area contributed by atoms with E-state index < -0.39 is 0 Å². The largest absolute Gasteiger partial charge is 0.327 e. The molecule has 0 spiro atoms. The van der Waals surface area contributed by atoms with Crippen LogP contribution in [0.25, 0.3) is 0 Å². The predicted octanol–water partition coefficient (Wildman–Crippen LogP) is 2.26. The van der Waals surface area contributed by atoms with Crippen LogP contribution in [-0.2, 0) is 11.3 Å². The number of amidine groups is 1. The van der Waals surface area contributed by atoms with Gasteiger partial charge < -0.3 is 9.47 Å². The van der Waals surface area contributed by atoms with E-state index in [4.69, 9.17) is 5.41 Å². The van der Waals surface area contributed by atoms with Crippen molar-refractivity contribution in [2.45, 2.75) is 46.2 Å². The summed E-state index contributed by atoms with van der Waals surface area (Å²) < 4.78 is 2.00. The molecule has 1 aromatic heterocycles. The summed E-state index contributed by atoms with van der Waals surface area (Å²) in [5.41, 5.74) is 1.43. The Bertz CT molecular complexity index is 770. The lowest BCUT2D eigenvalue weighted by Crippen LogP contribution is -2.42. The molecule has 2 aliphatic rings. The third-order valence-corrected chi connectivity index (χ3v) is 4.35. The van der Waals surface area contributed by atoms with Crippen molar-refractivity contribution in [3.63, 3.8) is 0 Å². The van der Waals surface area contributed by atoms with E-state index in [1.54, 1.807) is 6.92 Å². The average molecular weight is 326 g/mol. The van der Waals surface area contributed by atoms with Gasteiger partial charge in [-0.05, 0) is 33.6 Å². The van der Waals surface area contributed by atoms with Gasteiger partial charge in [0.2, 0.25) is 0 Å². The van der Waals surface area contributed by atoms with Crippen molar-refractivity contribution in [3.05, 3.63) is 35.4 Å². The maximum absolute atomic E-state index is 12.8. The van der Waals surface area contributed by atoms with Gasteiger partial charge in [0.05, 0.1) is 11.8 Å². The molecule has 0 saturated carbocycles. The number of hydrogen-bond acceptors (Lipinski definition) is 4. The number of carbonyl (C=O) groups is 1. The Labute approximate surface area is 141 Å². The highest BCUT2D eigenvalue weighted by Gasteiger charge is 2.32. The fourth-order valence-electron chi connectivity index (χ4n) is 3.17. The third kappa shape index (κ3) is 2.93. The first-order valence-electron chi connectivity index (χ1n) is 8.20. The van der Waals surface area contributed by atoms with Crippen molar-refractivity contribution < 1.29 is 4.79 Å². The summed E-state index contributed by atoms with van der Waals surface area (Å²) in [5.74, 6) is 1.73. The minimum Gasteiger partial charge on any atom is -0.327 e. The van der Waals surface area contributed by atoms with Crippen molar-refractivity contribution >= 4 is 17.5 Å². The number of aliphatic imine (C=N–C) groups is 1. The molecule has 7 heteroatoms. The SMILES string of the molecule is CC(=N)/N=C(\C)c1nnc2n1CCN(C(=O)C1=CCCC=C1)[C@@H]2C. The number of allylic oxidation sites excluding steroid dienone is 2. The van der Waals surface area contributed by atoms with Crippen LogP contribution in [0.4, 0.5) is 0 Å². The summed E-state index contributed by atoms with van der Waals surface area (Å²) in [6.45, 7) is 6.68. The summed E-state index contributed by atoms with van der Waals surface area (Å²) in [4.78, 5) is 18.8. The van der Waals surface area contributed by atoms with E-state index in [1.807, 2.05) is 41.5 Å². The Hall–Kier alpha value is -2.57. The van der Waals surface area contributed by atoms with Crippen LogP contribution < -0.4 is 0 Å². The number of amides is 1. The lowest BCUT2D eigenvalue weighted by Gasteiger charge is -2.34. The van der Waals surface area contributed by atoms with Gasteiger partial charge in [-0.3, -0.25) is 10.2 Å². The van der Waals surface area contributed by atoms with Crippen molar-refractivity contribution in [1.29, 1.82) is 5.41 Å². The minimum atomic E-state index is -0.141. The molecule has 3 rings (SSSR count). The van der Waals surface area contributed by atoms with Crippen molar-refractivity contribution in [3.8, 4) is 0 Å². The summed E-state index contributed by atoms with van der Waals surface area (Å²) in [5, 5.41) is 16.0. The number of aromatic nitrogens is 3. The van der Waals surface area contributed by atoms with Gasteiger partial charge in [0.25, 0.3) is 5.91 Å². The van der Waals surface area contributed by atoms with Crippen LogP contribution in [0.15, 0.2) is 28.8 Å². The molecular formula is C17H22N6O. The average Bonchev–Trinajstić information content (AvgIpc) is 3.00. The minimum absolute atomic E-state index is 0.0509. The lowest BCUT2D eigenvalue weighted by atomic mass is 10.0. The highest BCUT2D eigenvalue weighted by molar-refractivity contribution is 6.03. The molecule has 0 saturated heterocycles. The second kappa shape index (κ2) is 6.51. The Morgan fingerprint density at radius 1 is 1.29 bits per heavy atom. The maximum Gasteiger partial charge on any atom is 0.254 e. The normalized spacial score (nSPS) is 20.6. The van der Waals surface area contributed by atoms with E-state index in [1.165, 1.54) is 0 Å². The number of hydrogen-bond donors (Lipinski definition) is 1. The number of carbonyl (C=O) groups excluding carboxylic acids is 1. The van der Waals surface area contributed by atoms with Gasteiger partial charge in [-0.25, -0.2) is 4.99 Å². The first-order chi connectivity index (χ1) is 11.5. The quantitative estimate of drug-likeness (QED) is 0.668. The third-order valence-electron chi connectivity index (χ3n) is 4.35. The van der Waals surface area contributed by atoms with Gasteiger partial charge in [0, 0.05) is 18.7 Å². The smallest absolute Gasteiger partial charge is 0.254 e. The zero-order chi connectivity index (χ0) is 17.3. The van der Waals surface area contributed by atoms with Gasteiger partial charge in [-0.15, -0.1) is 10.2 Å². The number of fused-ring (bicyclic) bond motifs is 1. The molecular weight excluding hydrogens is 304 g/mol. The summed E-state index contributed by atoms with van der Waals surface area (Å²) in [6, 6.07) is -0.141. The van der Waals surface area contributed by atoms with Gasteiger partial charge in [-0.2, -0.15) is 0 Å². The molecule has 1 atom stereocenters. The first kappa shape index (κ1) is 16.3. The molecule has 1 amide bonds. The predicted molar refractivity (Wildman–Crippen MR) is 92.2 cm³/mol. The van der Waals surface area contributed by atoms with E-state index in [9.17, 15) is 4.79 Å². The number of nitrogens with one attached hydrogen (secondary N) is 1. The molecule has 1 aliphatic heterocycles. The molecule has 126 valence electrons. The Kier molecular flexibility index (Phi) is 4.42. The zero-order valence-electron chi connectivity index (χ0n) is 14.3. The molecule has 0 aromatic carbocycles. The molecule has 0 unspecified atom stereocenters. The van der Waals surface area contributed by atoms with E-state index in [-0.39, 0.29) is 17.8 Å². The Morgan fingerprint density at radius 3 is 2.75 bits per heavy atom. The van der Waals surface area contributed by atoms with Crippen molar-refractivity contribution in [1.82, 2.24) is 19.7 Å². The maximum atomic E-state index is 12.8. The summed E-state index contributed by atoms with van der Waals surface area (Å²) >= 11 is 0. The van der Waals surface area contributed by atoms with Crippen LogP contribution in [0.5, 0.6) is 0 Å². The van der Waals surface area contributed by atoms with E-state index in [2.05, 4.69) is 15.2 Å². The Morgan fingerprint density at radius 2 is 2.08 bits per heavy atom. The second-order valence-corrected chi connectivity index (χ2v) is 6.13. The topological polar surface area (TPSA) is 87.2 Å². The number of rotatable bonds is 2. The second-order valence-electron chi connectivity index (χ2n) is 6.13. The van der Waals surface area contributed by atoms with Crippen LogP contribution in [0.3, 0.4) is 0 Å². The van der Waals surface area contributed by atoms with Crippen LogP contribution in [0.1, 0.15) is 51.3 Å². The Balaban J connectivity index is 1.87. The summed E-state index contributed by atoms with van der Waals surface area (Å²) in [7, 11) is 0. The van der Waals surface area contributed by atoms with Crippen LogP contribution in [0, 0.1) is 5.41 Å². The molecule has 0 fully saturated rings. The summed E-state index contributed by atoms with van der Waals surface area (Å²) in [6.07, 6.45) is 7.87. The number of nitrogens with zero attached hydrogens (tertiary/aromatic N) is 5. The van der Waals surface area contributed by atoms with E-state index >= 15 is 0 Å². The van der Waals surface area contributed by atoms with Gasteiger partial charge in [0.15, 0.2) is 11.6 Å². The molecule has 1 aliphatic carbocycles. The fourth-order valence-corrected chi connectivity index (χ4v) is 3.17. The molecule has 1 aromatic rings. The van der Waals surface area contributed by atoms with E-state index in [0.717, 1.165) is 24.2 Å². The van der Waals surface area contributed by atoms with Gasteiger partial charge in [0.1, 0.15) is 5.84 Å². The molecule has 0 radical (unpaired) electrons. The molecule has 24 heavy (non-hydrogen) atoms. The zero-order valence-corrected chi connectivity index (χ0v) is 14.3. The van der Waals surface area contributed by atoms with Crippen LogP contribution in [0.2, 0.25) is 0 Å². The van der Waals surface area contributed by atoms with Gasteiger partial charge in [-0.1, -0.05) is 18.2 Å². The van der Waals surface area contributed by atoms with Crippen LogP contribution in [-0.4, -0.2) is 43.7 Å². The highest BCUT2D eigenvalue weighted by Crippen LogP contribution is 2.27. The first-order valence-corrected chi connectivity index (χ1v) is 8.20. The lowest BCUT2D eigenvalue weighted by molar-refractivity contribution is -0.130. The molecule has 7 nitrogen and oxygen atoms in total.